The molecule has 1 atom stereocenters. The molecule has 0 aromatic rings. The van der Waals surface area contributed by atoms with E-state index in [0.717, 1.165) is 13.1 Å². The van der Waals surface area contributed by atoms with Gasteiger partial charge in [0.2, 0.25) is 0 Å². The number of methoxy groups -OCH3 is 1. The smallest absolute Gasteiger partial charge is 0.323 e. The normalized spacial score (nSPS) is 22.8. The quantitative estimate of drug-likeness (QED) is 0.729. The van der Waals surface area contributed by atoms with Crippen molar-refractivity contribution >= 4 is 5.97 Å². The molecule has 1 aliphatic rings. The minimum atomic E-state index is -0.504. The maximum absolute atomic E-state index is 11.2. The van der Waals surface area contributed by atoms with Gasteiger partial charge in [-0.05, 0) is 31.3 Å². The van der Waals surface area contributed by atoms with Crippen LogP contribution in [0.1, 0.15) is 33.1 Å². The maximum atomic E-state index is 11.2. The number of rotatable bonds is 4. The summed E-state index contributed by atoms with van der Waals surface area (Å²) >= 11 is 0. The van der Waals surface area contributed by atoms with Gasteiger partial charge in [-0.1, -0.05) is 20.3 Å². The Morgan fingerprint density at radius 1 is 1.50 bits per heavy atom. The molecule has 1 aliphatic heterocycles. The van der Waals surface area contributed by atoms with Gasteiger partial charge < -0.3 is 15.4 Å². The van der Waals surface area contributed by atoms with Gasteiger partial charge in [-0.3, -0.25) is 4.79 Å². The van der Waals surface area contributed by atoms with Gasteiger partial charge in [0.15, 0.2) is 0 Å². The summed E-state index contributed by atoms with van der Waals surface area (Å²) in [4.78, 5) is 13.5. The second-order valence-electron chi connectivity index (χ2n) is 5.09. The average molecular weight is 228 g/mol. The number of ether oxygens (including phenoxy) is 1. The summed E-state index contributed by atoms with van der Waals surface area (Å²) in [7, 11) is 1.38. The number of likely N-dealkylation sites (tertiary alicyclic amines) is 1. The number of hydrogen-bond donors (Lipinski definition) is 1. The zero-order chi connectivity index (χ0) is 12.2. The lowest BCUT2D eigenvalue weighted by Gasteiger charge is -2.39. The number of piperidine rings is 1. The van der Waals surface area contributed by atoms with Crippen LogP contribution < -0.4 is 5.73 Å². The fourth-order valence-corrected chi connectivity index (χ4v) is 2.13. The molecule has 0 radical (unpaired) electrons. The Morgan fingerprint density at radius 3 is 2.50 bits per heavy atom. The van der Waals surface area contributed by atoms with Crippen LogP contribution in [0.3, 0.4) is 0 Å². The largest absolute Gasteiger partial charge is 0.468 e. The molecule has 0 amide bonds. The van der Waals surface area contributed by atoms with Crippen LogP contribution in [0.5, 0.6) is 0 Å². The molecule has 16 heavy (non-hydrogen) atoms. The van der Waals surface area contributed by atoms with E-state index >= 15 is 0 Å². The van der Waals surface area contributed by atoms with Crippen molar-refractivity contribution in [1.82, 2.24) is 4.90 Å². The van der Waals surface area contributed by atoms with E-state index in [1.807, 2.05) is 0 Å². The molecule has 0 aromatic heterocycles. The van der Waals surface area contributed by atoms with Crippen LogP contribution in [0, 0.1) is 5.41 Å². The van der Waals surface area contributed by atoms with Crippen molar-refractivity contribution in [3.8, 4) is 0 Å². The number of carbonyl (C=O) groups excluding carboxylic acids is 1. The molecule has 1 rings (SSSR count). The van der Waals surface area contributed by atoms with E-state index in [9.17, 15) is 4.79 Å². The van der Waals surface area contributed by atoms with Gasteiger partial charge in [-0.25, -0.2) is 0 Å². The minimum Gasteiger partial charge on any atom is -0.468 e. The molecule has 4 nitrogen and oxygen atoms in total. The van der Waals surface area contributed by atoms with Crippen molar-refractivity contribution < 1.29 is 9.53 Å². The van der Waals surface area contributed by atoms with Gasteiger partial charge in [0.05, 0.1) is 7.11 Å². The molecular formula is C12H24N2O2. The topological polar surface area (TPSA) is 55.6 Å². The first-order valence-electron chi connectivity index (χ1n) is 6.06. The van der Waals surface area contributed by atoms with Gasteiger partial charge >= 0.3 is 5.97 Å². The molecule has 0 aliphatic carbocycles. The van der Waals surface area contributed by atoms with E-state index in [4.69, 9.17) is 5.73 Å². The van der Waals surface area contributed by atoms with Crippen LogP contribution in [0.4, 0.5) is 0 Å². The van der Waals surface area contributed by atoms with Gasteiger partial charge in [0, 0.05) is 6.54 Å². The van der Waals surface area contributed by atoms with E-state index in [0.29, 0.717) is 12.0 Å². The Labute approximate surface area is 98.1 Å². The molecule has 1 heterocycles. The molecule has 1 saturated heterocycles. The zero-order valence-corrected chi connectivity index (χ0v) is 10.7. The van der Waals surface area contributed by atoms with E-state index < -0.39 is 6.04 Å². The SMILES string of the molecule is CCC1(C)CCN(CC(N)C(=O)OC)CC1. The third kappa shape index (κ3) is 3.46. The number of nitrogens with two attached hydrogens (primary N) is 1. The number of nitrogens with zero attached hydrogens (tertiary/aromatic N) is 1. The summed E-state index contributed by atoms with van der Waals surface area (Å²) in [5, 5.41) is 0. The fourth-order valence-electron chi connectivity index (χ4n) is 2.13. The highest BCUT2D eigenvalue weighted by molar-refractivity contribution is 5.75. The van der Waals surface area contributed by atoms with Crippen LogP contribution >= 0.6 is 0 Å². The second kappa shape index (κ2) is 5.64. The van der Waals surface area contributed by atoms with E-state index in [1.54, 1.807) is 0 Å². The van der Waals surface area contributed by atoms with Gasteiger partial charge in [-0.15, -0.1) is 0 Å². The standard InChI is InChI=1S/C12H24N2O2/c1-4-12(2)5-7-14(8-6-12)9-10(13)11(15)16-3/h10H,4-9,13H2,1-3H3. The fraction of sp³-hybridized carbons (Fsp3) is 0.917. The van der Waals surface area contributed by atoms with Crippen molar-refractivity contribution in [2.45, 2.75) is 39.2 Å². The lowest BCUT2D eigenvalue weighted by atomic mass is 9.78. The average Bonchev–Trinajstić information content (AvgIpc) is 2.31. The van der Waals surface area contributed by atoms with Gasteiger partial charge in [0.1, 0.15) is 6.04 Å². The first-order chi connectivity index (χ1) is 7.50. The molecule has 0 bridgehead atoms. The maximum Gasteiger partial charge on any atom is 0.323 e. The van der Waals surface area contributed by atoms with Crippen molar-refractivity contribution in [1.29, 1.82) is 0 Å². The van der Waals surface area contributed by atoms with Crippen molar-refractivity contribution in [2.24, 2.45) is 11.1 Å². The lowest BCUT2D eigenvalue weighted by molar-refractivity contribution is -0.142. The summed E-state index contributed by atoms with van der Waals surface area (Å²) in [6.45, 7) is 7.27. The number of esters is 1. The Kier molecular flexibility index (Phi) is 4.74. The summed E-state index contributed by atoms with van der Waals surface area (Å²) in [5.74, 6) is -0.316. The van der Waals surface area contributed by atoms with Crippen LogP contribution in [0.25, 0.3) is 0 Å². The van der Waals surface area contributed by atoms with E-state index in [2.05, 4.69) is 23.5 Å². The molecule has 4 heteroatoms. The molecule has 2 N–H and O–H groups in total. The van der Waals surface area contributed by atoms with Crippen LogP contribution in [-0.2, 0) is 9.53 Å². The Balaban J connectivity index is 2.35. The first kappa shape index (κ1) is 13.5. The predicted molar refractivity (Wildman–Crippen MR) is 64.1 cm³/mol. The third-order valence-corrected chi connectivity index (χ3v) is 3.88. The van der Waals surface area contributed by atoms with Crippen molar-refractivity contribution in [2.75, 3.05) is 26.7 Å². The molecule has 1 unspecified atom stereocenters. The van der Waals surface area contributed by atoms with Crippen molar-refractivity contribution in [3.05, 3.63) is 0 Å². The number of carbonyl (C=O) groups is 1. The predicted octanol–water partition coefficient (Wildman–Crippen LogP) is 0.999. The summed E-state index contributed by atoms with van der Waals surface area (Å²) in [6, 6.07) is -0.504. The highest BCUT2D eigenvalue weighted by atomic mass is 16.5. The van der Waals surface area contributed by atoms with Gasteiger partial charge in [-0.2, -0.15) is 0 Å². The van der Waals surface area contributed by atoms with E-state index in [1.165, 1.54) is 26.4 Å². The second-order valence-corrected chi connectivity index (χ2v) is 5.09. The highest BCUT2D eigenvalue weighted by Crippen LogP contribution is 2.33. The summed E-state index contributed by atoms with van der Waals surface area (Å²) < 4.78 is 4.63. The highest BCUT2D eigenvalue weighted by Gasteiger charge is 2.29. The summed E-state index contributed by atoms with van der Waals surface area (Å²) in [5.41, 5.74) is 6.22. The summed E-state index contributed by atoms with van der Waals surface area (Å²) in [6.07, 6.45) is 3.61. The third-order valence-electron chi connectivity index (χ3n) is 3.88. The molecular weight excluding hydrogens is 204 g/mol. The van der Waals surface area contributed by atoms with Crippen LogP contribution in [0.2, 0.25) is 0 Å². The van der Waals surface area contributed by atoms with Crippen LogP contribution in [-0.4, -0.2) is 43.7 Å². The molecule has 1 fully saturated rings. The molecule has 0 aromatic carbocycles. The van der Waals surface area contributed by atoms with Gasteiger partial charge in [0.25, 0.3) is 0 Å². The molecule has 0 spiro atoms. The molecule has 94 valence electrons. The monoisotopic (exact) mass is 228 g/mol. The molecule has 0 saturated carbocycles. The zero-order valence-electron chi connectivity index (χ0n) is 10.7. The number of hydrogen-bond acceptors (Lipinski definition) is 4. The minimum absolute atomic E-state index is 0.316. The van der Waals surface area contributed by atoms with E-state index in [-0.39, 0.29) is 5.97 Å². The first-order valence-corrected chi connectivity index (χ1v) is 6.06. The van der Waals surface area contributed by atoms with Crippen molar-refractivity contribution in [3.63, 3.8) is 0 Å². The Morgan fingerprint density at radius 2 is 2.06 bits per heavy atom. The Hall–Kier alpha value is -0.610. The Bertz CT molecular complexity index is 235. The van der Waals surface area contributed by atoms with Crippen LogP contribution in [0.15, 0.2) is 0 Å². The lowest BCUT2D eigenvalue weighted by Crippen LogP contribution is -2.47.